The molecule has 1 amide bonds. The fourth-order valence-electron chi connectivity index (χ4n) is 3.26. The van der Waals surface area contributed by atoms with Crippen molar-refractivity contribution in [3.63, 3.8) is 0 Å². The quantitative estimate of drug-likeness (QED) is 0.896. The molecule has 3 heterocycles. The molecule has 0 aliphatic carbocycles. The molecule has 2 aromatic rings. The number of aryl methyl sites for hydroxylation is 1. The normalized spacial score (nSPS) is 16.4. The third-order valence-electron chi connectivity index (χ3n) is 4.64. The van der Waals surface area contributed by atoms with E-state index < -0.39 is 0 Å². The summed E-state index contributed by atoms with van der Waals surface area (Å²) in [5.74, 6) is 1.64. The van der Waals surface area contributed by atoms with Crippen molar-refractivity contribution in [3.05, 3.63) is 35.7 Å². The summed E-state index contributed by atoms with van der Waals surface area (Å²) in [6.45, 7) is 8.50. The van der Waals surface area contributed by atoms with Crippen molar-refractivity contribution in [2.75, 3.05) is 26.2 Å². The van der Waals surface area contributed by atoms with Crippen LogP contribution in [0.2, 0.25) is 0 Å². The van der Waals surface area contributed by atoms with Crippen LogP contribution in [0.15, 0.2) is 18.5 Å². The number of nitrogens with zero attached hydrogens (tertiary/aromatic N) is 5. The number of carbonyl (C=O) groups excluding carboxylic acids is 1. The number of aromatic amines is 1. The highest BCUT2D eigenvalue weighted by Crippen LogP contribution is 2.12. The van der Waals surface area contributed by atoms with Crippen LogP contribution < -0.4 is 0 Å². The van der Waals surface area contributed by atoms with E-state index in [0.29, 0.717) is 11.6 Å². The van der Waals surface area contributed by atoms with Crippen molar-refractivity contribution >= 4 is 5.91 Å². The minimum Gasteiger partial charge on any atom is -0.337 e. The third kappa shape index (κ3) is 4.48. The Morgan fingerprint density at radius 1 is 1.28 bits per heavy atom. The summed E-state index contributed by atoms with van der Waals surface area (Å²) in [6, 6.07) is 1.90. The number of aromatic nitrogens is 4. The highest BCUT2D eigenvalue weighted by molar-refractivity contribution is 5.92. The summed E-state index contributed by atoms with van der Waals surface area (Å²) < 4.78 is 2.05. The second-order valence-corrected chi connectivity index (χ2v) is 7.25. The Kier molecular flexibility index (Phi) is 5.53. The van der Waals surface area contributed by atoms with Crippen molar-refractivity contribution in [2.24, 2.45) is 13.0 Å². The van der Waals surface area contributed by atoms with E-state index in [2.05, 4.69) is 33.9 Å². The van der Waals surface area contributed by atoms with E-state index in [4.69, 9.17) is 0 Å². The van der Waals surface area contributed by atoms with Crippen LogP contribution >= 0.6 is 0 Å². The molecule has 1 N–H and O–H groups in total. The predicted molar refractivity (Wildman–Crippen MR) is 96.1 cm³/mol. The first kappa shape index (κ1) is 17.7. The van der Waals surface area contributed by atoms with E-state index in [1.54, 1.807) is 0 Å². The first-order chi connectivity index (χ1) is 12.0. The number of carbonyl (C=O) groups is 1. The average molecular weight is 344 g/mol. The number of nitrogens with one attached hydrogen (secondary N) is 1. The van der Waals surface area contributed by atoms with Gasteiger partial charge in [-0.1, -0.05) is 13.8 Å². The summed E-state index contributed by atoms with van der Waals surface area (Å²) in [6.07, 6.45) is 5.68. The summed E-state index contributed by atoms with van der Waals surface area (Å²) in [4.78, 5) is 21.4. The summed E-state index contributed by atoms with van der Waals surface area (Å²) in [5, 5.41) is 7.22. The number of H-pyrrole nitrogens is 1. The highest BCUT2D eigenvalue weighted by atomic mass is 16.2. The molecule has 1 fully saturated rings. The van der Waals surface area contributed by atoms with Crippen molar-refractivity contribution in [3.8, 4) is 0 Å². The molecule has 136 valence electrons. The van der Waals surface area contributed by atoms with Crippen molar-refractivity contribution in [1.29, 1.82) is 0 Å². The standard InChI is InChI=1S/C18H28N6O/c1-14(2)11-15-12-16(21-20-15)18(25)24-7-4-6-23(9-10-24)13-17-19-5-8-22(17)3/h5,8,12,14H,4,6-7,9-11,13H2,1-3H3,(H,20,21). The number of rotatable bonds is 5. The first-order valence-corrected chi connectivity index (χ1v) is 9.05. The van der Waals surface area contributed by atoms with Crippen LogP contribution in [0.1, 0.15) is 42.3 Å². The molecule has 0 saturated carbocycles. The van der Waals surface area contributed by atoms with E-state index in [1.165, 1.54) is 0 Å². The number of imidazole rings is 1. The molecule has 1 aliphatic rings. The minimum atomic E-state index is 0.0325. The van der Waals surface area contributed by atoms with Crippen LogP contribution in [0.4, 0.5) is 0 Å². The minimum absolute atomic E-state index is 0.0325. The molecule has 0 aromatic carbocycles. The topological polar surface area (TPSA) is 70.1 Å². The van der Waals surface area contributed by atoms with Gasteiger partial charge in [-0.25, -0.2) is 4.98 Å². The van der Waals surface area contributed by atoms with E-state index in [1.807, 2.05) is 35.0 Å². The van der Waals surface area contributed by atoms with Gasteiger partial charge in [0.05, 0.1) is 6.54 Å². The van der Waals surface area contributed by atoms with Gasteiger partial charge in [0.2, 0.25) is 0 Å². The van der Waals surface area contributed by atoms with Gasteiger partial charge in [0, 0.05) is 51.3 Å². The first-order valence-electron chi connectivity index (χ1n) is 9.05. The van der Waals surface area contributed by atoms with Crippen LogP contribution in [0.25, 0.3) is 0 Å². The molecule has 3 rings (SSSR count). The predicted octanol–water partition coefficient (Wildman–Crippen LogP) is 1.69. The summed E-state index contributed by atoms with van der Waals surface area (Å²) in [5.41, 5.74) is 1.57. The Balaban J connectivity index is 1.57. The number of hydrogen-bond donors (Lipinski definition) is 1. The highest BCUT2D eigenvalue weighted by Gasteiger charge is 2.22. The van der Waals surface area contributed by atoms with Crippen LogP contribution in [0.5, 0.6) is 0 Å². The second kappa shape index (κ2) is 7.82. The maximum atomic E-state index is 12.7. The zero-order valence-corrected chi connectivity index (χ0v) is 15.4. The largest absolute Gasteiger partial charge is 0.337 e. The molecule has 2 aromatic heterocycles. The molecule has 1 saturated heterocycles. The van der Waals surface area contributed by atoms with Crippen molar-refractivity contribution < 1.29 is 4.79 Å². The Morgan fingerprint density at radius 2 is 2.12 bits per heavy atom. The fourth-order valence-corrected chi connectivity index (χ4v) is 3.26. The van der Waals surface area contributed by atoms with Crippen LogP contribution in [0, 0.1) is 5.92 Å². The molecule has 0 atom stereocenters. The fraction of sp³-hybridized carbons (Fsp3) is 0.611. The maximum Gasteiger partial charge on any atom is 0.274 e. The number of amides is 1. The van der Waals surface area contributed by atoms with Crippen molar-refractivity contribution in [1.82, 2.24) is 29.5 Å². The Labute approximate surface area is 149 Å². The SMILES string of the molecule is CC(C)Cc1cc(C(=O)N2CCCN(Cc3nccn3C)CC2)n[nH]1. The molecule has 0 unspecified atom stereocenters. The smallest absolute Gasteiger partial charge is 0.274 e. The number of hydrogen-bond acceptors (Lipinski definition) is 4. The van der Waals surface area contributed by atoms with E-state index in [0.717, 1.165) is 57.1 Å². The van der Waals surface area contributed by atoms with E-state index >= 15 is 0 Å². The lowest BCUT2D eigenvalue weighted by molar-refractivity contribution is 0.0755. The zero-order chi connectivity index (χ0) is 17.8. The lowest BCUT2D eigenvalue weighted by Gasteiger charge is -2.21. The van der Waals surface area contributed by atoms with Crippen LogP contribution in [0.3, 0.4) is 0 Å². The molecule has 0 radical (unpaired) electrons. The van der Waals surface area contributed by atoms with Gasteiger partial charge < -0.3 is 9.47 Å². The molecular weight excluding hydrogens is 316 g/mol. The Morgan fingerprint density at radius 3 is 2.84 bits per heavy atom. The van der Waals surface area contributed by atoms with Gasteiger partial charge >= 0.3 is 0 Å². The Bertz CT molecular complexity index is 704. The third-order valence-corrected chi connectivity index (χ3v) is 4.64. The van der Waals surface area contributed by atoms with Gasteiger partial charge in [0.1, 0.15) is 11.5 Å². The molecule has 1 aliphatic heterocycles. The molecule has 25 heavy (non-hydrogen) atoms. The zero-order valence-electron chi connectivity index (χ0n) is 15.4. The summed E-state index contributed by atoms with van der Waals surface area (Å²) >= 11 is 0. The van der Waals surface area contributed by atoms with Gasteiger partial charge in [0.25, 0.3) is 5.91 Å². The van der Waals surface area contributed by atoms with Crippen LogP contribution in [-0.4, -0.2) is 61.6 Å². The molecule has 0 bridgehead atoms. The molecule has 7 heteroatoms. The second-order valence-electron chi connectivity index (χ2n) is 7.25. The van der Waals surface area contributed by atoms with Gasteiger partial charge in [-0.05, 0) is 24.8 Å². The molecule has 0 spiro atoms. The van der Waals surface area contributed by atoms with Gasteiger partial charge in [-0.3, -0.25) is 14.8 Å². The van der Waals surface area contributed by atoms with E-state index in [-0.39, 0.29) is 5.91 Å². The monoisotopic (exact) mass is 344 g/mol. The summed E-state index contributed by atoms with van der Waals surface area (Å²) in [7, 11) is 2.02. The van der Waals surface area contributed by atoms with Gasteiger partial charge in [-0.15, -0.1) is 0 Å². The van der Waals surface area contributed by atoms with Gasteiger partial charge in [0.15, 0.2) is 0 Å². The Hall–Kier alpha value is -2.15. The molecule has 7 nitrogen and oxygen atoms in total. The van der Waals surface area contributed by atoms with Gasteiger partial charge in [-0.2, -0.15) is 5.10 Å². The average Bonchev–Trinajstić information content (AvgIpc) is 3.11. The van der Waals surface area contributed by atoms with Crippen LogP contribution in [-0.2, 0) is 20.0 Å². The van der Waals surface area contributed by atoms with E-state index in [9.17, 15) is 4.79 Å². The lowest BCUT2D eigenvalue weighted by Crippen LogP contribution is -2.35. The van der Waals surface area contributed by atoms with Crippen molar-refractivity contribution in [2.45, 2.75) is 33.2 Å². The lowest BCUT2D eigenvalue weighted by atomic mass is 10.1. The molecular formula is C18H28N6O. The maximum absolute atomic E-state index is 12.7.